The van der Waals surface area contributed by atoms with Crippen LogP contribution in [0.4, 0.5) is 5.69 Å². The normalized spacial score (nSPS) is 16.0. The molecule has 3 aromatic carbocycles. The molecule has 1 fully saturated rings. The molecule has 1 atom stereocenters. The summed E-state index contributed by atoms with van der Waals surface area (Å²) in [4.78, 5) is 15.9. The van der Waals surface area contributed by atoms with Crippen molar-refractivity contribution in [2.45, 2.75) is 24.8 Å². The minimum Gasteiger partial charge on any atom is -0.495 e. The van der Waals surface area contributed by atoms with Gasteiger partial charge in [-0.1, -0.05) is 54.1 Å². The van der Waals surface area contributed by atoms with Crippen LogP contribution in [-0.4, -0.2) is 56.8 Å². The van der Waals surface area contributed by atoms with Gasteiger partial charge in [-0.15, -0.1) is 0 Å². The molecule has 1 aliphatic rings. The van der Waals surface area contributed by atoms with Crippen molar-refractivity contribution in [3.63, 3.8) is 0 Å². The van der Waals surface area contributed by atoms with Gasteiger partial charge in [0.05, 0.1) is 17.7 Å². The smallest absolute Gasteiger partial charge is 0.246 e. The Labute approximate surface area is 207 Å². The van der Waals surface area contributed by atoms with Crippen LogP contribution >= 0.6 is 0 Å². The lowest BCUT2D eigenvalue weighted by molar-refractivity contribution is -0.122. The van der Waals surface area contributed by atoms with Crippen molar-refractivity contribution in [1.82, 2.24) is 9.21 Å². The Kier molecular flexibility index (Phi) is 7.54. The van der Waals surface area contributed by atoms with Crippen LogP contribution in [0.5, 0.6) is 5.75 Å². The van der Waals surface area contributed by atoms with Crippen molar-refractivity contribution < 1.29 is 17.9 Å². The fraction of sp³-hybridized carbons (Fsp3) is 0.296. The SMILES string of the molecule is COc1ccc(C)cc1NC(=O)C(c1ccccc1)N1CCN(S(=O)(=O)c2ccc(C)cc2)CC1. The van der Waals surface area contributed by atoms with Gasteiger partial charge in [0.15, 0.2) is 0 Å². The summed E-state index contributed by atoms with van der Waals surface area (Å²) in [7, 11) is -2.01. The lowest BCUT2D eigenvalue weighted by atomic mass is 10.0. The molecular formula is C27H31N3O4S. The Hall–Kier alpha value is -3.20. The Morgan fingerprint density at radius 1 is 0.886 bits per heavy atom. The molecule has 0 saturated carbocycles. The van der Waals surface area contributed by atoms with Gasteiger partial charge >= 0.3 is 0 Å². The molecule has 7 nitrogen and oxygen atoms in total. The topological polar surface area (TPSA) is 79.0 Å². The number of nitrogens with one attached hydrogen (secondary N) is 1. The Morgan fingerprint density at radius 3 is 2.14 bits per heavy atom. The first-order valence-corrected chi connectivity index (χ1v) is 13.0. The molecule has 1 heterocycles. The van der Waals surface area contributed by atoms with E-state index in [0.717, 1.165) is 16.7 Å². The maximum absolute atomic E-state index is 13.6. The molecular weight excluding hydrogens is 462 g/mol. The monoisotopic (exact) mass is 493 g/mol. The number of ether oxygens (including phenoxy) is 1. The average molecular weight is 494 g/mol. The zero-order chi connectivity index (χ0) is 25.0. The van der Waals surface area contributed by atoms with Crippen LogP contribution in [0.1, 0.15) is 22.7 Å². The number of amides is 1. The van der Waals surface area contributed by atoms with Gasteiger partial charge in [0.25, 0.3) is 0 Å². The highest BCUT2D eigenvalue weighted by molar-refractivity contribution is 7.89. The molecule has 8 heteroatoms. The zero-order valence-corrected chi connectivity index (χ0v) is 21.1. The molecule has 0 aliphatic carbocycles. The second-order valence-corrected chi connectivity index (χ2v) is 10.7. The summed E-state index contributed by atoms with van der Waals surface area (Å²) in [6.07, 6.45) is 0. The molecule has 0 radical (unpaired) electrons. The van der Waals surface area contributed by atoms with Gasteiger partial charge < -0.3 is 10.1 Å². The van der Waals surface area contributed by atoms with E-state index in [1.54, 1.807) is 31.4 Å². The van der Waals surface area contributed by atoms with E-state index >= 15 is 0 Å². The fourth-order valence-corrected chi connectivity index (χ4v) is 5.77. The van der Waals surface area contributed by atoms with E-state index in [9.17, 15) is 13.2 Å². The predicted molar refractivity (Wildman–Crippen MR) is 137 cm³/mol. The number of rotatable bonds is 7. The minimum absolute atomic E-state index is 0.185. The van der Waals surface area contributed by atoms with Crippen molar-refractivity contribution in [1.29, 1.82) is 0 Å². The molecule has 1 unspecified atom stereocenters. The highest BCUT2D eigenvalue weighted by Crippen LogP contribution is 2.30. The van der Waals surface area contributed by atoms with Crippen LogP contribution in [-0.2, 0) is 14.8 Å². The number of nitrogens with zero attached hydrogens (tertiary/aromatic N) is 2. The molecule has 1 aliphatic heterocycles. The fourth-order valence-electron chi connectivity index (χ4n) is 4.35. The summed E-state index contributed by atoms with van der Waals surface area (Å²) >= 11 is 0. The van der Waals surface area contributed by atoms with Crippen molar-refractivity contribution in [3.05, 3.63) is 89.5 Å². The second-order valence-electron chi connectivity index (χ2n) is 8.76. The number of sulfonamides is 1. The number of carbonyl (C=O) groups excluding carboxylic acids is 1. The van der Waals surface area contributed by atoms with Crippen LogP contribution < -0.4 is 10.1 Å². The van der Waals surface area contributed by atoms with Crippen LogP contribution in [0.3, 0.4) is 0 Å². The van der Waals surface area contributed by atoms with Gasteiger partial charge in [-0.05, 0) is 49.2 Å². The van der Waals surface area contributed by atoms with Crippen LogP contribution in [0, 0.1) is 13.8 Å². The largest absolute Gasteiger partial charge is 0.495 e. The molecule has 184 valence electrons. The van der Waals surface area contributed by atoms with E-state index in [1.807, 2.05) is 67.3 Å². The van der Waals surface area contributed by atoms with E-state index in [4.69, 9.17) is 4.74 Å². The highest BCUT2D eigenvalue weighted by atomic mass is 32.2. The molecule has 1 amide bonds. The molecule has 0 spiro atoms. The van der Waals surface area contributed by atoms with E-state index in [2.05, 4.69) is 5.32 Å². The lowest BCUT2D eigenvalue weighted by Crippen LogP contribution is -2.51. The second kappa shape index (κ2) is 10.6. The highest BCUT2D eigenvalue weighted by Gasteiger charge is 2.34. The van der Waals surface area contributed by atoms with Crippen molar-refractivity contribution in [2.24, 2.45) is 0 Å². The van der Waals surface area contributed by atoms with E-state index in [1.165, 1.54) is 4.31 Å². The number of methoxy groups -OCH3 is 1. The van der Waals surface area contributed by atoms with Gasteiger partial charge in [-0.25, -0.2) is 8.42 Å². The third-order valence-corrected chi connectivity index (χ3v) is 8.19. The maximum atomic E-state index is 13.6. The maximum Gasteiger partial charge on any atom is 0.246 e. The van der Waals surface area contributed by atoms with E-state index < -0.39 is 16.1 Å². The molecule has 4 rings (SSSR count). The summed E-state index contributed by atoms with van der Waals surface area (Å²) in [5.41, 5.74) is 3.48. The Balaban J connectivity index is 1.55. The van der Waals surface area contributed by atoms with E-state index in [-0.39, 0.29) is 5.91 Å². The first-order chi connectivity index (χ1) is 16.8. The number of carbonyl (C=O) groups is 1. The predicted octanol–water partition coefficient (Wildman–Crippen LogP) is 4.00. The summed E-state index contributed by atoms with van der Waals surface area (Å²) < 4.78 is 33.2. The lowest BCUT2D eigenvalue weighted by Gasteiger charge is -2.38. The number of benzene rings is 3. The Bertz CT molecular complexity index is 1270. The van der Waals surface area contributed by atoms with Crippen molar-refractivity contribution in [2.75, 3.05) is 38.6 Å². The summed E-state index contributed by atoms with van der Waals surface area (Å²) in [6.45, 7) is 5.36. The average Bonchev–Trinajstić information content (AvgIpc) is 2.86. The summed E-state index contributed by atoms with van der Waals surface area (Å²) in [5, 5.41) is 3.03. The van der Waals surface area contributed by atoms with Gasteiger partial charge in [0.2, 0.25) is 15.9 Å². The standard InChI is InChI=1S/C27H31N3O4S/c1-20-9-12-23(13-10-20)35(32,33)30-17-15-29(16-18-30)26(22-7-5-4-6-8-22)27(31)28-24-19-21(2)11-14-25(24)34-3/h4-14,19,26H,15-18H2,1-3H3,(H,28,31). The first kappa shape index (κ1) is 24.9. The van der Waals surface area contributed by atoms with Crippen molar-refractivity contribution >= 4 is 21.6 Å². The van der Waals surface area contributed by atoms with Gasteiger partial charge in [0.1, 0.15) is 11.8 Å². The number of anilines is 1. The number of hydrogen-bond donors (Lipinski definition) is 1. The number of hydrogen-bond acceptors (Lipinski definition) is 5. The summed E-state index contributed by atoms with van der Waals surface area (Å²) in [5.74, 6) is 0.403. The quantitative estimate of drug-likeness (QED) is 0.538. The number of piperazine rings is 1. The first-order valence-electron chi connectivity index (χ1n) is 11.6. The molecule has 35 heavy (non-hydrogen) atoms. The molecule has 3 aromatic rings. The van der Waals surface area contributed by atoms with Gasteiger partial charge in [-0.3, -0.25) is 9.69 Å². The summed E-state index contributed by atoms with van der Waals surface area (Å²) in [6, 6.07) is 21.5. The zero-order valence-electron chi connectivity index (χ0n) is 20.3. The van der Waals surface area contributed by atoms with E-state index in [0.29, 0.717) is 42.5 Å². The van der Waals surface area contributed by atoms with Gasteiger partial charge in [-0.2, -0.15) is 4.31 Å². The third kappa shape index (κ3) is 5.56. The molecule has 0 bridgehead atoms. The van der Waals surface area contributed by atoms with Crippen molar-refractivity contribution in [3.8, 4) is 5.75 Å². The van der Waals surface area contributed by atoms with Crippen LogP contribution in [0.15, 0.2) is 77.7 Å². The molecule has 1 N–H and O–H groups in total. The van der Waals surface area contributed by atoms with Crippen LogP contribution in [0.25, 0.3) is 0 Å². The molecule has 1 saturated heterocycles. The third-order valence-electron chi connectivity index (χ3n) is 6.27. The number of aryl methyl sites for hydroxylation is 2. The minimum atomic E-state index is -3.59. The van der Waals surface area contributed by atoms with Crippen LogP contribution in [0.2, 0.25) is 0 Å². The molecule has 0 aromatic heterocycles. The van der Waals surface area contributed by atoms with Gasteiger partial charge in [0, 0.05) is 26.2 Å². The Morgan fingerprint density at radius 2 is 1.51 bits per heavy atom.